The molecule has 164 valence electrons. The van der Waals surface area contributed by atoms with Crippen LogP contribution in [0.25, 0.3) is 10.9 Å². The molecule has 6 nitrogen and oxygen atoms in total. The van der Waals surface area contributed by atoms with Gasteiger partial charge < -0.3 is 10.1 Å². The van der Waals surface area contributed by atoms with Crippen molar-refractivity contribution >= 4 is 28.0 Å². The van der Waals surface area contributed by atoms with Crippen molar-refractivity contribution < 1.29 is 4.74 Å². The van der Waals surface area contributed by atoms with Gasteiger partial charge in [-0.2, -0.15) is 5.26 Å². The molecule has 0 saturated carbocycles. The van der Waals surface area contributed by atoms with Crippen molar-refractivity contribution in [3.8, 4) is 6.07 Å². The van der Waals surface area contributed by atoms with Crippen LogP contribution in [0.4, 0.5) is 17.1 Å². The van der Waals surface area contributed by atoms with E-state index in [1.54, 1.807) is 6.20 Å². The molecule has 0 aliphatic carbocycles. The van der Waals surface area contributed by atoms with E-state index in [1.165, 1.54) is 5.56 Å². The number of benzene rings is 3. The van der Waals surface area contributed by atoms with E-state index in [9.17, 15) is 5.26 Å². The first kappa shape index (κ1) is 21.0. The molecule has 2 heterocycles. The zero-order valence-electron chi connectivity index (χ0n) is 18.3. The minimum atomic E-state index is 0.540. The van der Waals surface area contributed by atoms with Crippen LogP contribution in [0.2, 0.25) is 0 Å². The van der Waals surface area contributed by atoms with Crippen molar-refractivity contribution in [1.82, 2.24) is 9.99 Å². The lowest BCUT2D eigenvalue weighted by Gasteiger charge is -2.39. The third-order valence-corrected chi connectivity index (χ3v) is 5.78. The lowest BCUT2D eigenvalue weighted by molar-refractivity contribution is 0.0379. The maximum absolute atomic E-state index is 10.0. The normalized spacial score (nSPS) is 14.0. The molecule has 0 amide bonds. The second-order valence-electron chi connectivity index (χ2n) is 7.92. The lowest BCUT2D eigenvalue weighted by atomic mass is 10.1. The number of rotatable bonds is 6. The van der Waals surface area contributed by atoms with E-state index in [0.29, 0.717) is 18.8 Å². The number of aromatic nitrogens is 1. The number of nitrogens with zero attached hydrogens (tertiary/aromatic N) is 4. The molecule has 0 bridgehead atoms. The minimum Gasteiger partial charge on any atom is -0.381 e. The van der Waals surface area contributed by atoms with Gasteiger partial charge in [-0.05, 0) is 35.9 Å². The lowest BCUT2D eigenvalue weighted by Crippen LogP contribution is -2.47. The van der Waals surface area contributed by atoms with Crippen LogP contribution < -0.4 is 10.3 Å². The van der Waals surface area contributed by atoms with Crippen molar-refractivity contribution in [2.45, 2.75) is 6.54 Å². The monoisotopic (exact) mass is 435 g/mol. The van der Waals surface area contributed by atoms with E-state index in [1.807, 2.05) is 48.5 Å². The Bertz CT molecular complexity index is 1260. The molecule has 3 aromatic carbocycles. The van der Waals surface area contributed by atoms with Gasteiger partial charge in [0, 0.05) is 36.9 Å². The largest absolute Gasteiger partial charge is 0.381 e. The van der Waals surface area contributed by atoms with Gasteiger partial charge in [0.25, 0.3) is 0 Å². The summed E-state index contributed by atoms with van der Waals surface area (Å²) in [5, 5.41) is 18.9. The van der Waals surface area contributed by atoms with Crippen LogP contribution in [0.15, 0.2) is 85.1 Å². The number of fused-ring (bicyclic) bond motifs is 1. The fourth-order valence-corrected chi connectivity index (χ4v) is 4.16. The molecular weight excluding hydrogens is 410 g/mol. The Kier molecular flexibility index (Phi) is 6.16. The van der Waals surface area contributed by atoms with E-state index < -0.39 is 0 Å². The Morgan fingerprint density at radius 1 is 0.970 bits per heavy atom. The van der Waals surface area contributed by atoms with Gasteiger partial charge in [-0.15, -0.1) is 0 Å². The summed E-state index contributed by atoms with van der Waals surface area (Å²) in [7, 11) is 0. The quantitative estimate of drug-likeness (QED) is 0.454. The van der Waals surface area contributed by atoms with E-state index >= 15 is 0 Å². The summed E-state index contributed by atoms with van der Waals surface area (Å²) in [6, 6.07) is 29.0. The van der Waals surface area contributed by atoms with E-state index in [2.05, 4.69) is 56.7 Å². The van der Waals surface area contributed by atoms with Crippen LogP contribution in [0.3, 0.4) is 0 Å². The molecule has 1 saturated heterocycles. The second-order valence-corrected chi connectivity index (χ2v) is 7.92. The van der Waals surface area contributed by atoms with Gasteiger partial charge in [-0.1, -0.05) is 48.5 Å². The summed E-state index contributed by atoms with van der Waals surface area (Å²) in [6.45, 7) is 3.51. The maximum atomic E-state index is 10.0. The highest BCUT2D eigenvalue weighted by atomic mass is 16.5. The molecule has 1 aliphatic rings. The van der Waals surface area contributed by atoms with Gasteiger partial charge in [0.05, 0.1) is 35.7 Å². The molecule has 33 heavy (non-hydrogen) atoms. The van der Waals surface area contributed by atoms with Crippen molar-refractivity contribution in [3.63, 3.8) is 0 Å². The van der Waals surface area contributed by atoms with Gasteiger partial charge in [0.2, 0.25) is 0 Å². The van der Waals surface area contributed by atoms with Gasteiger partial charge in [-0.3, -0.25) is 9.99 Å². The van der Waals surface area contributed by atoms with Crippen LogP contribution >= 0.6 is 0 Å². The zero-order valence-corrected chi connectivity index (χ0v) is 18.3. The van der Waals surface area contributed by atoms with Crippen LogP contribution in [0.1, 0.15) is 11.1 Å². The minimum absolute atomic E-state index is 0.540. The van der Waals surface area contributed by atoms with Gasteiger partial charge in [0.15, 0.2) is 0 Å². The summed E-state index contributed by atoms with van der Waals surface area (Å²) in [6.07, 6.45) is 1.67. The fraction of sp³-hybridized carbons (Fsp3) is 0.185. The highest BCUT2D eigenvalue weighted by Crippen LogP contribution is 2.37. The molecule has 0 atom stereocenters. The first-order valence-electron chi connectivity index (χ1n) is 11.1. The van der Waals surface area contributed by atoms with Crippen LogP contribution in [0, 0.1) is 11.3 Å². The summed E-state index contributed by atoms with van der Waals surface area (Å²) in [4.78, 5) is 4.57. The first-order valence-corrected chi connectivity index (χ1v) is 11.1. The Morgan fingerprint density at radius 2 is 1.70 bits per heavy atom. The SMILES string of the molecule is N#Cc1cnc2ccc(NCc3ccccc3)cc2c1N(c1ccccc1)N1CCOCC1. The molecule has 1 N–H and O–H groups in total. The molecule has 1 aromatic heterocycles. The van der Waals surface area contributed by atoms with Crippen LogP contribution in [-0.4, -0.2) is 36.3 Å². The molecule has 1 aliphatic heterocycles. The van der Waals surface area contributed by atoms with Gasteiger partial charge in [0.1, 0.15) is 6.07 Å². The molecule has 5 rings (SSSR count). The Balaban J connectivity index is 1.61. The number of hydrogen-bond acceptors (Lipinski definition) is 6. The Morgan fingerprint density at radius 3 is 2.42 bits per heavy atom. The number of hydrogen-bond donors (Lipinski definition) is 1. The smallest absolute Gasteiger partial charge is 0.103 e. The van der Waals surface area contributed by atoms with Gasteiger partial charge in [-0.25, -0.2) is 5.01 Å². The highest BCUT2D eigenvalue weighted by molar-refractivity contribution is 5.98. The standard InChI is InChI=1S/C27H25N5O/c28-18-22-20-30-26-12-11-23(29-19-21-7-3-1-4-8-21)17-25(26)27(22)32(24-9-5-2-6-10-24)31-13-15-33-16-14-31/h1-12,17,20,29H,13-16,19H2. The Labute approximate surface area is 193 Å². The number of hydrazine groups is 1. The number of ether oxygens (including phenoxy) is 1. The number of nitrogens with one attached hydrogen (secondary N) is 1. The fourth-order valence-electron chi connectivity index (χ4n) is 4.16. The third-order valence-electron chi connectivity index (χ3n) is 5.78. The van der Waals surface area contributed by atoms with Crippen molar-refractivity contribution in [2.75, 3.05) is 36.6 Å². The average molecular weight is 436 g/mol. The number of pyridine rings is 1. The molecule has 0 spiro atoms. The first-order chi connectivity index (χ1) is 16.3. The molecule has 1 fully saturated rings. The van der Waals surface area contributed by atoms with E-state index in [4.69, 9.17) is 4.74 Å². The molecule has 4 aromatic rings. The van der Waals surface area contributed by atoms with E-state index in [0.717, 1.165) is 47.6 Å². The molecular formula is C27H25N5O. The third kappa shape index (κ3) is 4.51. The molecule has 0 unspecified atom stereocenters. The zero-order chi connectivity index (χ0) is 22.5. The van der Waals surface area contributed by atoms with Crippen molar-refractivity contribution in [2.24, 2.45) is 0 Å². The summed E-state index contributed by atoms with van der Waals surface area (Å²) in [5.74, 6) is 0. The molecule has 6 heteroatoms. The number of nitriles is 1. The van der Waals surface area contributed by atoms with Crippen molar-refractivity contribution in [1.29, 1.82) is 5.26 Å². The number of para-hydroxylation sites is 1. The maximum Gasteiger partial charge on any atom is 0.103 e. The molecule has 0 radical (unpaired) electrons. The summed E-state index contributed by atoms with van der Waals surface area (Å²) in [5.41, 5.74) is 5.44. The van der Waals surface area contributed by atoms with Gasteiger partial charge >= 0.3 is 0 Å². The van der Waals surface area contributed by atoms with Crippen LogP contribution in [-0.2, 0) is 11.3 Å². The Hall–Kier alpha value is -3.92. The van der Waals surface area contributed by atoms with E-state index in [-0.39, 0.29) is 0 Å². The van der Waals surface area contributed by atoms with Crippen LogP contribution in [0.5, 0.6) is 0 Å². The topological polar surface area (TPSA) is 64.4 Å². The van der Waals surface area contributed by atoms with Crippen molar-refractivity contribution in [3.05, 3.63) is 96.2 Å². The summed E-state index contributed by atoms with van der Waals surface area (Å²) < 4.78 is 5.60. The second kappa shape index (κ2) is 9.70. The number of anilines is 3. The number of morpholine rings is 1. The average Bonchev–Trinajstić information content (AvgIpc) is 2.89. The summed E-state index contributed by atoms with van der Waals surface area (Å²) >= 11 is 0. The predicted molar refractivity (Wildman–Crippen MR) is 131 cm³/mol. The highest BCUT2D eigenvalue weighted by Gasteiger charge is 2.25. The predicted octanol–water partition coefficient (Wildman–Crippen LogP) is 5.10.